The smallest absolute Gasteiger partial charge is 0.410 e. The summed E-state index contributed by atoms with van der Waals surface area (Å²) in [5.74, 6) is 0.808. The number of amides is 2. The highest BCUT2D eigenvalue weighted by Crippen LogP contribution is 2.43. The number of hydrogen-bond donors (Lipinski definition) is 0. The Labute approximate surface area is 181 Å². The highest BCUT2D eigenvalue weighted by molar-refractivity contribution is 7.91. The maximum absolute atomic E-state index is 12.9. The van der Waals surface area contributed by atoms with E-state index in [0.717, 1.165) is 44.9 Å². The molecule has 1 saturated heterocycles. The molecule has 1 aliphatic heterocycles. The summed E-state index contributed by atoms with van der Waals surface area (Å²) in [4.78, 5) is 29.1. The van der Waals surface area contributed by atoms with E-state index in [1.807, 2.05) is 30.6 Å². The van der Waals surface area contributed by atoms with Crippen LogP contribution in [0.3, 0.4) is 0 Å². The van der Waals surface area contributed by atoms with Crippen molar-refractivity contribution in [2.24, 2.45) is 11.8 Å². The average molecular weight is 443 g/mol. The molecule has 172 valence electrons. The van der Waals surface area contributed by atoms with E-state index < -0.39 is 9.84 Å². The molecular formula is C22H38N2O5S. The Morgan fingerprint density at radius 1 is 1.00 bits per heavy atom. The molecule has 2 aliphatic carbocycles. The number of piperazine rings is 1. The van der Waals surface area contributed by atoms with Crippen molar-refractivity contribution in [3.63, 3.8) is 0 Å². The fourth-order valence-corrected chi connectivity index (χ4v) is 7.30. The summed E-state index contributed by atoms with van der Waals surface area (Å²) in [6, 6.07) is -0.0884. The number of nitrogens with zero attached hydrogens (tertiary/aromatic N) is 2. The van der Waals surface area contributed by atoms with Crippen molar-refractivity contribution in [3.8, 4) is 0 Å². The predicted molar refractivity (Wildman–Crippen MR) is 116 cm³/mol. The number of hydrogen-bond acceptors (Lipinski definition) is 5. The molecule has 8 heteroatoms. The molecule has 0 aromatic carbocycles. The topological polar surface area (TPSA) is 84.0 Å². The standard InChI is InChI=1S/C22H38N2O5S/c1-14(2)29-22(26)23-13-15(3)24(16(4)25)20-10-9-18(12-21(20)23)17-7-6-8-19(11-17)30(5,27)28/h14-15,17-21H,6-13H2,1-5H3/t15-,17?,18?,19?,20?,21?/m0/s1. The second-order valence-electron chi connectivity index (χ2n) is 9.95. The number of carbonyl (C=O) groups is 2. The first-order chi connectivity index (χ1) is 14.0. The molecule has 3 fully saturated rings. The van der Waals surface area contributed by atoms with Crippen molar-refractivity contribution in [1.82, 2.24) is 9.80 Å². The van der Waals surface area contributed by atoms with Gasteiger partial charge in [0.2, 0.25) is 5.91 Å². The number of fused-ring (bicyclic) bond motifs is 1. The number of carbonyl (C=O) groups excluding carboxylic acids is 2. The van der Waals surface area contributed by atoms with Gasteiger partial charge in [-0.15, -0.1) is 0 Å². The Kier molecular flexibility index (Phi) is 7.04. The fourth-order valence-electron chi connectivity index (χ4n) is 6.11. The van der Waals surface area contributed by atoms with Gasteiger partial charge in [-0.3, -0.25) is 4.79 Å². The van der Waals surface area contributed by atoms with Crippen LogP contribution in [0, 0.1) is 11.8 Å². The molecule has 1 heterocycles. The molecule has 2 saturated carbocycles. The Hall–Kier alpha value is -1.31. The average Bonchev–Trinajstić information content (AvgIpc) is 2.65. The predicted octanol–water partition coefficient (Wildman–Crippen LogP) is 3.22. The van der Waals surface area contributed by atoms with Crippen molar-refractivity contribution in [2.45, 2.75) is 102 Å². The van der Waals surface area contributed by atoms with E-state index in [1.54, 1.807) is 6.92 Å². The van der Waals surface area contributed by atoms with Crippen LogP contribution < -0.4 is 0 Å². The number of rotatable bonds is 3. The van der Waals surface area contributed by atoms with Gasteiger partial charge in [-0.25, -0.2) is 13.2 Å². The number of ether oxygens (including phenoxy) is 1. The molecule has 0 spiro atoms. The summed E-state index contributed by atoms with van der Waals surface area (Å²) in [5.41, 5.74) is 0. The largest absolute Gasteiger partial charge is 0.447 e. The Morgan fingerprint density at radius 3 is 2.27 bits per heavy atom. The molecule has 2 amide bonds. The van der Waals surface area contributed by atoms with Gasteiger partial charge in [-0.1, -0.05) is 12.8 Å². The van der Waals surface area contributed by atoms with Gasteiger partial charge < -0.3 is 14.5 Å². The number of sulfone groups is 1. The summed E-state index contributed by atoms with van der Waals surface area (Å²) in [7, 11) is -3.02. The van der Waals surface area contributed by atoms with Gasteiger partial charge in [0.05, 0.1) is 23.4 Å². The zero-order chi connectivity index (χ0) is 22.2. The van der Waals surface area contributed by atoms with Crippen molar-refractivity contribution in [3.05, 3.63) is 0 Å². The maximum Gasteiger partial charge on any atom is 0.410 e. The van der Waals surface area contributed by atoms with Crippen LogP contribution in [-0.4, -0.2) is 72.5 Å². The fraction of sp³-hybridized carbons (Fsp3) is 0.909. The zero-order valence-corrected chi connectivity index (χ0v) is 19.9. The van der Waals surface area contributed by atoms with Gasteiger partial charge in [0, 0.05) is 25.8 Å². The van der Waals surface area contributed by atoms with Crippen molar-refractivity contribution in [2.75, 3.05) is 12.8 Å². The van der Waals surface area contributed by atoms with Crippen LogP contribution in [0.2, 0.25) is 0 Å². The van der Waals surface area contributed by atoms with Crippen LogP contribution in [-0.2, 0) is 19.4 Å². The molecule has 0 radical (unpaired) electrons. The van der Waals surface area contributed by atoms with Gasteiger partial charge >= 0.3 is 6.09 Å². The van der Waals surface area contributed by atoms with Gasteiger partial charge in [-0.05, 0) is 64.7 Å². The Bertz CT molecular complexity index is 753. The molecule has 5 unspecified atom stereocenters. The Morgan fingerprint density at radius 2 is 1.67 bits per heavy atom. The second kappa shape index (κ2) is 9.05. The summed E-state index contributed by atoms with van der Waals surface area (Å²) < 4.78 is 29.8. The highest BCUT2D eigenvalue weighted by Gasteiger charge is 2.48. The maximum atomic E-state index is 12.9. The molecule has 0 bridgehead atoms. The lowest BCUT2D eigenvalue weighted by Gasteiger charge is -2.54. The minimum absolute atomic E-state index is 0.0107. The highest BCUT2D eigenvalue weighted by atomic mass is 32.2. The van der Waals surface area contributed by atoms with Crippen LogP contribution in [0.25, 0.3) is 0 Å². The van der Waals surface area contributed by atoms with Crippen LogP contribution in [0.4, 0.5) is 4.79 Å². The lowest BCUT2D eigenvalue weighted by atomic mass is 9.69. The lowest BCUT2D eigenvalue weighted by molar-refractivity contribution is -0.142. The van der Waals surface area contributed by atoms with Crippen molar-refractivity contribution < 1.29 is 22.7 Å². The first-order valence-corrected chi connectivity index (χ1v) is 13.4. The lowest BCUT2D eigenvalue weighted by Crippen LogP contribution is -2.67. The van der Waals surface area contributed by atoms with Crippen LogP contribution in [0.1, 0.15) is 72.6 Å². The van der Waals surface area contributed by atoms with Gasteiger partial charge in [0.25, 0.3) is 0 Å². The van der Waals surface area contributed by atoms with E-state index in [0.29, 0.717) is 18.4 Å². The van der Waals surface area contributed by atoms with Gasteiger partial charge in [-0.2, -0.15) is 0 Å². The molecule has 7 nitrogen and oxygen atoms in total. The molecule has 0 aromatic rings. The van der Waals surface area contributed by atoms with Crippen LogP contribution >= 0.6 is 0 Å². The minimum Gasteiger partial charge on any atom is -0.447 e. The molecule has 3 rings (SSSR count). The van der Waals surface area contributed by atoms with E-state index >= 15 is 0 Å². The summed E-state index contributed by atoms with van der Waals surface area (Å²) in [6.07, 6.45) is 7.00. The van der Waals surface area contributed by atoms with E-state index in [4.69, 9.17) is 4.74 Å². The van der Waals surface area contributed by atoms with E-state index in [-0.39, 0.29) is 41.5 Å². The normalized spacial score (nSPS) is 35.1. The van der Waals surface area contributed by atoms with Crippen molar-refractivity contribution in [1.29, 1.82) is 0 Å². The molecule has 30 heavy (non-hydrogen) atoms. The van der Waals surface area contributed by atoms with Crippen LogP contribution in [0.5, 0.6) is 0 Å². The second-order valence-corrected chi connectivity index (χ2v) is 12.3. The molecule has 6 atom stereocenters. The third-order valence-corrected chi connectivity index (χ3v) is 9.03. The minimum atomic E-state index is -3.02. The summed E-state index contributed by atoms with van der Waals surface area (Å²) in [5, 5.41) is -0.240. The van der Waals surface area contributed by atoms with E-state index in [9.17, 15) is 18.0 Å². The Balaban J connectivity index is 1.80. The molecule has 0 aromatic heterocycles. The first kappa shape index (κ1) is 23.4. The van der Waals surface area contributed by atoms with Gasteiger partial charge in [0.1, 0.15) is 9.84 Å². The van der Waals surface area contributed by atoms with Gasteiger partial charge in [0.15, 0.2) is 0 Å². The summed E-state index contributed by atoms with van der Waals surface area (Å²) >= 11 is 0. The molecule has 0 N–H and O–H groups in total. The third-order valence-electron chi connectivity index (χ3n) is 7.39. The molecule has 3 aliphatic rings. The third kappa shape index (κ3) is 4.94. The van der Waals surface area contributed by atoms with E-state index in [1.165, 1.54) is 6.26 Å². The summed E-state index contributed by atoms with van der Waals surface area (Å²) in [6.45, 7) is 7.79. The van der Waals surface area contributed by atoms with Crippen LogP contribution in [0.15, 0.2) is 0 Å². The van der Waals surface area contributed by atoms with Crippen molar-refractivity contribution >= 4 is 21.8 Å². The molecular weight excluding hydrogens is 404 g/mol. The quantitative estimate of drug-likeness (QED) is 0.670. The SMILES string of the molecule is CC(=O)N1C2CCC(C3CCCC(S(C)(=O)=O)C3)CC2N(C(=O)OC(C)C)C[C@@H]1C. The zero-order valence-electron chi connectivity index (χ0n) is 19.0. The van der Waals surface area contributed by atoms with E-state index in [2.05, 4.69) is 0 Å². The monoisotopic (exact) mass is 442 g/mol. The first-order valence-electron chi connectivity index (χ1n) is 11.4.